The van der Waals surface area contributed by atoms with Gasteiger partial charge in [0, 0.05) is 11.4 Å². The predicted octanol–water partition coefficient (Wildman–Crippen LogP) is 3.68. The van der Waals surface area contributed by atoms with Gasteiger partial charge >= 0.3 is 0 Å². The lowest BCUT2D eigenvalue weighted by atomic mass is 10.0. The molecule has 1 aliphatic heterocycles. The van der Waals surface area contributed by atoms with Crippen LogP contribution in [0.1, 0.15) is 29.7 Å². The fourth-order valence-electron chi connectivity index (χ4n) is 3.21. The van der Waals surface area contributed by atoms with Crippen LogP contribution in [0.4, 0.5) is 0 Å². The number of carbonyl (C=O) groups excluding carboxylic acids is 1. The third-order valence-electron chi connectivity index (χ3n) is 4.81. The fourth-order valence-corrected chi connectivity index (χ4v) is 4.43. The van der Waals surface area contributed by atoms with Crippen molar-refractivity contribution in [2.45, 2.75) is 36.0 Å². The molecule has 1 N–H and O–H groups in total. The number of benzene rings is 2. The predicted molar refractivity (Wildman–Crippen MR) is 105 cm³/mol. The average molecular weight is 355 g/mol. The Hall–Kier alpha value is -1.78. The standard InChI is InChI=1S/C21H26N2OS/c1-4-15-9-11-16(12-10-15)18(23(2)3)14-22-21(24)20-13-17-7-5-6-8-19(17)25-20/h5-12,18,20H,4,13-14H2,1-3H3,(H,22,24)/t18-,20-/m1/s1. The number of carbonyl (C=O) groups is 1. The number of hydrogen-bond donors (Lipinski definition) is 1. The lowest BCUT2D eigenvalue weighted by Crippen LogP contribution is -2.38. The number of nitrogens with zero attached hydrogens (tertiary/aromatic N) is 1. The first kappa shape index (κ1) is 18.0. The van der Waals surface area contributed by atoms with Crippen LogP contribution in [0.15, 0.2) is 53.4 Å². The van der Waals surface area contributed by atoms with Crippen molar-refractivity contribution in [3.63, 3.8) is 0 Å². The van der Waals surface area contributed by atoms with Gasteiger partial charge in [-0.2, -0.15) is 0 Å². The van der Waals surface area contributed by atoms with Crippen molar-refractivity contribution in [2.24, 2.45) is 0 Å². The van der Waals surface area contributed by atoms with E-state index in [-0.39, 0.29) is 17.2 Å². The Kier molecular flexibility index (Phi) is 5.82. The van der Waals surface area contributed by atoms with Crippen molar-refractivity contribution >= 4 is 17.7 Å². The first-order chi connectivity index (χ1) is 12.1. The maximum atomic E-state index is 12.6. The van der Waals surface area contributed by atoms with E-state index in [1.165, 1.54) is 21.6 Å². The molecular weight excluding hydrogens is 328 g/mol. The Morgan fingerprint density at radius 1 is 1.20 bits per heavy atom. The van der Waals surface area contributed by atoms with Crippen LogP contribution in [-0.4, -0.2) is 36.7 Å². The van der Waals surface area contributed by atoms with E-state index >= 15 is 0 Å². The molecule has 2 aromatic carbocycles. The monoisotopic (exact) mass is 354 g/mol. The number of nitrogens with one attached hydrogen (secondary N) is 1. The Balaban J connectivity index is 1.61. The Bertz CT molecular complexity index is 702. The van der Waals surface area contributed by atoms with E-state index in [0.29, 0.717) is 6.54 Å². The van der Waals surface area contributed by atoms with Gasteiger partial charge in [0.1, 0.15) is 0 Å². The summed E-state index contributed by atoms with van der Waals surface area (Å²) in [5.41, 5.74) is 3.86. The minimum Gasteiger partial charge on any atom is -0.353 e. The summed E-state index contributed by atoms with van der Waals surface area (Å²) in [7, 11) is 4.12. The molecule has 1 heterocycles. The topological polar surface area (TPSA) is 32.3 Å². The van der Waals surface area contributed by atoms with Gasteiger partial charge in [0.15, 0.2) is 0 Å². The second kappa shape index (κ2) is 8.07. The van der Waals surface area contributed by atoms with Gasteiger partial charge in [0.05, 0.1) is 11.3 Å². The summed E-state index contributed by atoms with van der Waals surface area (Å²) in [6.45, 7) is 2.79. The highest BCUT2D eigenvalue weighted by molar-refractivity contribution is 8.01. The van der Waals surface area contributed by atoms with E-state index in [1.54, 1.807) is 11.8 Å². The molecule has 1 aliphatic rings. The number of fused-ring (bicyclic) bond motifs is 1. The summed E-state index contributed by atoms with van der Waals surface area (Å²) < 4.78 is 0. The van der Waals surface area contributed by atoms with E-state index < -0.39 is 0 Å². The lowest BCUT2D eigenvalue weighted by Gasteiger charge is -2.26. The number of aryl methyl sites for hydroxylation is 1. The van der Waals surface area contributed by atoms with Crippen LogP contribution >= 0.6 is 11.8 Å². The SMILES string of the molecule is CCc1ccc([C@@H](CNC(=O)[C@H]2Cc3ccccc3S2)N(C)C)cc1. The molecule has 1 amide bonds. The third-order valence-corrected chi connectivity index (χ3v) is 6.12. The highest BCUT2D eigenvalue weighted by Crippen LogP contribution is 2.36. The number of hydrogen-bond acceptors (Lipinski definition) is 3. The molecule has 0 spiro atoms. The zero-order chi connectivity index (χ0) is 17.8. The van der Waals surface area contributed by atoms with Crippen molar-refractivity contribution in [1.29, 1.82) is 0 Å². The molecule has 4 heteroatoms. The second-order valence-corrected chi connectivity index (χ2v) is 7.98. The fraction of sp³-hybridized carbons (Fsp3) is 0.381. The molecule has 0 saturated carbocycles. The van der Waals surface area contributed by atoms with Crippen molar-refractivity contribution in [3.8, 4) is 0 Å². The molecule has 0 saturated heterocycles. The summed E-state index contributed by atoms with van der Waals surface area (Å²) in [4.78, 5) is 16.0. The van der Waals surface area contributed by atoms with Crippen LogP contribution in [0.3, 0.4) is 0 Å². The summed E-state index contributed by atoms with van der Waals surface area (Å²) in [6.07, 6.45) is 1.87. The van der Waals surface area contributed by atoms with Gasteiger partial charge in [-0.1, -0.05) is 49.4 Å². The molecule has 0 radical (unpaired) electrons. The molecule has 132 valence electrons. The quantitative estimate of drug-likeness (QED) is 0.859. The Morgan fingerprint density at radius 3 is 2.56 bits per heavy atom. The van der Waals surface area contributed by atoms with Gasteiger partial charge in [-0.05, 0) is 49.7 Å². The van der Waals surface area contributed by atoms with Crippen molar-refractivity contribution in [3.05, 3.63) is 65.2 Å². The summed E-state index contributed by atoms with van der Waals surface area (Å²) in [5.74, 6) is 0.137. The molecule has 2 atom stereocenters. The van der Waals surface area contributed by atoms with E-state index in [9.17, 15) is 4.79 Å². The lowest BCUT2D eigenvalue weighted by molar-refractivity contribution is -0.120. The van der Waals surface area contributed by atoms with Crippen LogP contribution in [-0.2, 0) is 17.6 Å². The minimum absolute atomic E-state index is 0.0114. The van der Waals surface area contributed by atoms with Gasteiger partial charge in [-0.15, -0.1) is 11.8 Å². The number of thioether (sulfide) groups is 1. The largest absolute Gasteiger partial charge is 0.353 e. The molecule has 0 aliphatic carbocycles. The van der Waals surface area contributed by atoms with Crippen LogP contribution in [0.25, 0.3) is 0 Å². The third kappa shape index (κ3) is 4.25. The summed E-state index contributed by atoms with van der Waals surface area (Å²) in [5, 5.41) is 3.16. The molecule has 0 aromatic heterocycles. The van der Waals surface area contributed by atoms with Crippen molar-refractivity contribution < 1.29 is 4.79 Å². The van der Waals surface area contributed by atoms with Gasteiger partial charge in [0.25, 0.3) is 0 Å². The normalized spacial score (nSPS) is 17.4. The Labute approximate surface area is 154 Å². The molecule has 2 aromatic rings. The van der Waals surface area contributed by atoms with Crippen molar-refractivity contribution in [2.75, 3.05) is 20.6 Å². The van der Waals surface area contributed by atoms with Gasteiger partial charge in [-0.3, -0.25) is 4.79 Å². The van der Waals surface area contributed by atoms with E-state index in [0.717, 1.165) is 12.8 Å². The van der Waals surface area contributed by atoms with Gasteiger partial charge in [-0.25, -0.2) is 0 Å². The second-order valence-electron chi connectivity index (χ2n) is 6.74. The highest BCUT2D eigenvalue weighted by atomic mass is 32.2. The van der Waals surface area contributed by atoms with Crippen LogP contribution in [0.5, 0.6) is 0 Å². The van der Waals surface area contributed by atoms with Crippen molar-refractivity contribution in [1.82, 2.24) is 10.2 Å². The molecule has 0 fully saturated rings. The zero-order valence-electron chi connectivity index (χ0n) is 15.2. The van der Waals surface area contributed by atoms with Gasteiger partial charge < -0.3 is 10.2 Å². The summed E-state index contributed by atoms with van der Waals surface area (Å²) >= 11 is 1.68. The smallest absolute Gasteiger partial charge is 0.233 e. The average Bonchev–Trinajstić information content (AvgIpc) is 3.06. The maximum absolute atomic E-state index is 12.6. The molecule has 3 nitrogen and oxygen atoms in total. The molecule has 25 heavy (non-hydrogen) atoms. The maximum Gasteiger partial charge on any atom is 0.233 e. The number of rotatable bonds is 6. The van der Waals surface area contributed by atoms with E-state index in [1.807, 2.05) is 12.1 Å². The minimum atomic E-state index is -0.0114. The van der Waals surface area contributed by atoms with Gasteiger partial charge in [0.2, 0.25) is 5.91 Å². The molecule has 3 rings (SSSR count). The van der Waals surface area contributed by atoms with Crippen LogP contribution in [0.2, 0.25) is 0 Å². The van der Waals surface area contributed by atoms with Crippen LogP contribution < -0.4 is 5.32 Å². The summed E-state index contributed by atoms with van der Waals surface area (Å²) in [6, 6.07) is 17.2. The van der Waals surface area contributed by atoms with Crippen LogP contribution in [0, 0.1) is 0 Å². The van der Waals surface area contributed by atoms with E-state index in [2.05, 4.69) is 67.6 Å². The molecule has 0 unspecified atom stereocenters. The van der Waals surface area contributed by atoms with E-state index in [4.69, 9.17) is 0 Å². The molecular formula is C21H26N2OS. The highest BCUT2D eigenvalue weighted by Gasteiger charge is 2.28. The number of likely N-dealkylation sites (N-methyl/N-ethyl adjacent to an activating group) is 1. The zero-order valence-corrected chi connectivity index (χ0v) is 16.0. The first-order valence-electron chi connectivity index (χ1n) is 8.86. The Morgan fingerprint density at radius 2 is 1.92 bits per heavy atom. The number of amides is 1. The first-order valence-corrected chi connectivity index (χ1v) is 9.74. The molecule has 0 bridgehead atoms.